The van der Waals surface area contributed by atoms with Crippen molar-refractivity contribution in [2.75, 3.05) is 0 Å². The van der Waals surface area contributed by atoms with Gasteiger partial charge in [-0.15, -0.1) is 0 Å². The minimum absolute atomic E-state index is 0.360. The Bertz CT molecular complexity index is 787. The van der Waals surface area contributed by atoms with Crippen LogP contribution < -0.4 is 10.5 Å². The minimum atomic E-state index is -0.445. The van der Waals surface area contributed by atoms with Gasteiger partial charge in [0.25, 0.3) is 0 Å². The summed E-state index contributed by atoms with van der Waals surface area (Å²) >= 11 is 0. The van der Waals surface area contributed by atoms with Crippen LogP contribution in [-0.2, 0) is 0 Å². The molecule has 0 radical (unpaired) electrons. The van der Waals surface area contributed by atoms with Gasteiger partial charge in [0.05, 0.1) is 5.52 Å². The van der Waals surface area contributed by atoms with Crippen molar-refractivity contribution in [3.63, 3.8) is 0 Å². The van der Waals surface area contributed by atoms with Crippen LogP contribution in [0.1, 0.15) is 18.5 Å². The zero-order valence-electron chi connectivity index (χ0n) is 11.6. The number of pyridine rings is 1. The van der Waals surface area contributed by atoms with Crippen LogP contribution in [0.15, 0.2) is 54.7 Å². The molecule has 0 saturated carbocycles. The van der Waals surface area contributed by atoms with Crippen LogP contribution in [0, 0.1) is 5.82 Å². The van der Waals surface area contributed by atoms with Crippen LogP contribution in [0.3, 0.4) is 0 Å². The lowest BCUT2D eigenvalue weighted by atomic mass is 10.1. The van der Waals surface area contributed by atoms with Gasteiger partial charge in [-0.25, -0.2) is 4.39 Å². The molecular formula is C17H15FN2O. The SMILES string of the molecule is C[C@@H](N)c1c(F)cccc1Oc1ccc2cccnc2c1. The van der Waals surface area contributed by atoms with E-state index >= 15 is 0 Å². The van der Waals surface area contributed by atoms with Gasteiger partial charge in [0.15, 0.2) is 0 Å². The van der Waals surface area contributed by atoms with Crippen LogP contribution in [0.25, 0.3) is 10.9 Å². The van der Waals surface area contributed by atoms with Gasteiger partial charge < -0.3 is 10.5 Å². The predicted molar refractivity (Wildman–Crippen MR) is 80.8 cm³/mol. The summed E-state index contributed by atoms with van der Waals surface area (Å²) in [5, 5.41) is 1.02. The van der Waals surface area contributed by atoms with Gasteiger partial charge in [-0.2, -0.15) is 0 Å². The molecule has 3 rings (SSSR count). The van der Waals surface area contributed by atoms with Crippen LogP contribution in [0.4, 0.5) is 4.39 Å². The van der Waals surface area contributed by atoms with Crippen LogP contribution in [0.5, 0.6) is 11.5 Å². The molecule has 0 saturated heterocycles. The first-order valence-corrected chi connectivity index (χ1v) is 6.72. The molecule has 0 fully saturated rings. The molecule has 0 aliphatic carbocycles. The number of nitrogens with zero attached hydrogens (tertiary/aromatic N) is 1. The largest absolute Gasteiger partial charge is 0.457 e. The van der Waals surface area contributed by atoms with Gasteiger partial charge in [-0.05, 0) is 37.3 Å². The Morgan fingerprint density at radius 1 is 1.14 bits per heavy atom. The summed E-state index contributed by atoms with van der Waals surface area (Å²) in [4.78, 5) is 4.28. The summed E-state index contributed by atoms with van der Waals surface area (Å²) in [5.74, 6) is 0.676. The van der Waals surface area contributed by atoms with Crippen molar-refractivity contribution in [1.29, 1.82) is 0 Å². The molecular weight excluding hydrogens is 267 g/mol. The maximum atomic E-state index is 13.9. The lowest BCUT2D eigenvalue weighted by Crippen LogP contribution is -2.09. The molecule has 2 N–H and O–H groups in total. The number of benzene rings is 2. The van der Waals surface area contributed by atoms with Gasteiger partial charge in [0, 0.05) is 29.3 Å². The van der Waals surface area contributed by atoms with E-state index in [1.165, 1.54) is 6.07 Å². The first-order chi connectivity index (χ1) is 10.1. The minimum Gasteiger partial charge on any atom is -0.457 e. The van der Waals surface area contributed by atoms with Crippen LogP contribution >= 0.6 is 0 Å². The molecule has 0 amide bonds. The molecule has 0 unspecified atom stereocenters. The molecule has 2 aromatic carbocycles. The Kier molecular flexibility index (Phi) is 3.54. The topological polar surface area (TPSA) is 48.1 Å². The van der Waals surface area contributed by atoms with Crippen molar-refractivity contribution < 1.29 is 9.13 Å². The second-order valence-corrected chi connectivity index (χ2v) is 4.90. The number of hydrogen-bond donors (Lipinski definition) is 1. The molecule has 1 heterocycles. The molecule has 21 heavy (non-hydrogen) atoms. The molecule has 3 nitrogen and oxygen atoms in total. The lowest BCUT2D eigenvalue weighted by Gasteiger charge is -2.14. The highest BCUT2D eigenvalue weighted by Crippen LogP contribution is 2.31. The number of aromatic nitrogens is 1. The highest BCUT2D eigenvalue weighted by molar-refractivity contribution is 5.79. The van der Waals surface area contributed by atoms with E-state index in [0.29, 0.717) is 17.1 Å². The maximum absolute atomic E-state index is 13.9. The molecule has 0 spiro atoms. The van der Waals surface area contributed by atoms with E-state index in [0.717, 1.165) is 10.9 Å². The van der Waals surface area contributed by atoms with E-state index in [1.54, 1.807) is 25.3 Å². The number of ether oxygens (including phenoxy) is 1. The fourth-order valence-corrected chi connectivity index (χ4v) is 2.28. The van der Waals surface area contributed by atoms with Gasteiger partial charge in [-0.3, -0.25) is 4.98 Å². The maximum Gasteiger partial charge on any atom is 0.135 e. The number of fused-ring (bicyclic) bond motifs is 1. The van der Waals surface area contributed by atoms with Crippen molar-refractivity contribution >= 4 is 10.9 Å². The van der Waals surface area contributed by atoms with Crippen molar-refractivity contribution in [3.05, 3.63) is 66.1 Å². The summed E-state index contributed by atoms with van der Waals surface area (Å²) in [5.41, 5.74) is 7.03. The van der Waals surface area contributed by atoms with E-state index in [2.05, 4.69) is 4.98 Å². The van der Waals surface area contributed by atoms with Crippen LogP contribution in [0.2, 0.25) is 0 Å². The van der Waals surface area contributed by atoms with Gasteiger partial charge in [0.2, 0.25) is 0 Å². The van der Waals surface area contributed by atoms with E-state index < -0.39 is 6.04 Å². The van der Waals surface area contributed by atoms with Crippen molar-refractivity contribution in [2.45, 2.75) is 13.0 Å². The quantitative estimate of drug-likeness (QED) is 0.783. The third-order valence-corrected chi connectivity index (χ3v) is 3.27. The monoisotopic (exact) mass is 282 g/mol. The molecule has 1 atom stereocenters. The Morgan fingerprint density at radius 2 is 2.00 bits per heavy atom. The normalized spacial score (nSPS) is 12.3. The highest BCUT2D eigenvalue weighted by atomic mass is 19.1. The smallest absolute Gasteiger partial charge is 0.135 e. The number of rotatable bonds is 3. The number of hydrogen-bond acceptors (Lipinski definition) is 3. The molecule has 0 bridgehead atoms. The second-order valence-electron chi connectivity index (χ2n) is 4.90. The Balaban J connectivity index is 2.00. The van der Waals surface area contributed by atoms with E-state index in [9.17, 15) is 4.39 Å². The average molecular weight is 282 g/mol. The van der Waals surface area contributed by atoms with Gasteiger partial charge in [0.1, 0.15) is 17.3 Å². The summed E-state index contributed by atoms with van der Waals surface area (Å²) in [6, 6.07) is 13.7. The van der Waals surface area contributed by atoms with Crippen molar-refractivity contribution in [2.24, 2.45) is 5.73 Å². The first kappa shape index (κ1) is 13.5. The molecule has 3 aromatic rings. The van der Waals surface area contributed by atoms with Crippen molar-refractivity contribution in [3.8, 4) is 11.5 Å². The predicted octanol–water partition coefficient (Wildman–Crippen LogP) is 4.19. The van der Waals surface area contributed by atoms with Crippen LogP contribution in [-0.4, -0.2) is 4.98 Å². The highest BCUT2D eigenvalue weighted by Gasteiger charge is 2.14. The van der Waals surface area contributed by atoms with E-state index in [-0.39, 0.29) is 5.82 Å². The third kappa shape index (κ3) is 2.71. The van der Waals surface area contributed by atoms with Gasteiger partial charge in [-0.1, -0.05) is 12.1 Å². The lowest BCUT2D eigenvalue weighted by molar-refractivity contribution is 0.461. The fraction of sp³-hybridized carbons (Fsp3) is 0.118. The zero-order chi connectivity index (χ0) is 14.8. The van der Waals surface area contributed by atoms with Crippen molar-refractivity contribution in [1.82, 2.24) is 4.98 Å². The number of nitrogens with two attached hydrogens (primary N) is 1. The summed E-state index contributed by atoms with van der Waals surface area (Å²) in [6.07, 6.45) is 1.72. The van der Waals surface area contributed by atoms with Gasteiger partial charge >= 0.3 is 0 Å². The average Bonchev–Trinajstić information content (AvgIpc) is 2.47. The second kappa shape index (κ2) is 5.50. The first-order valence-electron chi connectivity index (χ1n) is 6.72. The molecule has 106 valence electrons. The molecule has 4 heteroatoms. The number of halogens is 1. The molecule has 0 aliphatic heterocycles. The molecule has 0 aliphatic rings. The Hall–Kier alpha value is -2.46. The summed E-state index contributed by atoms with van der Waals surface area (Å²) in [6.45, 7) is 1.73. The fourth-order valence-electron chi connectivity index (χ4n) is 2.28. The Morgan fingerprint density at radius 3 is 2.81 bits per heavy atom. The zero-order valence-corrected chi connectivity index (χ0v) is 11.6. The molecule has 1 aromatic heterocycles. The third-order valence-electron chi connectivity index (χ3n) is 3.27. The summed E-state index contributed by atoms with van der Waals surface area (Å²) < 4.78 is 19.7. The standard InChI is InChI=1S/C17H15FN2O/c1-11(19)17-14(18)5-2-6-16(17)21-13-8-7-12-4-3-9-20-15(12)10-13/h2-11H,19H2,1H3/t11-/m1/s1. The summed E-state index contributed by atoms with van der Waals surface area (Å²) in [7, 11) is 0. The van der Waals surface area contributed by atoms with E-state index in [4.69, 9.17) is 10.5 Å². The Labute approximate surface area is 122 Å². The van der Waals surface area contributed by atoms with E-state index in [1.807, 2.05) is 30.3 Å².